The molecule has 6 rings (SSSR count). The van der Waals surface area contributed by atoms with E-state index in [1.165, 1.54) is 25.7 Å². The average Bonchev–Trinajstić information content (AvgIpc) is 3.23. The standard InChI is InChI=1S/C27H25N3O2S/c1-2-5-18-9-10-23-22(16-18)20-7-3-6-19(26(20)33-23)21-8-4-11-30-25(31)17-24(28-27(21)30)29-12-14-32-15-13-29/h3-4,6-11,16-17H,2,5,12-15H2,1H3. The van der Waals surface area contributed by atoms with Crippen molar-refractivity contribution in [2.45, 2.75) is 19.8 Å². The fourth-order valence-electron chi connectivity index (χ4n) is 4.78. The maximum atomic E-state index is 13.0. The van der Waals surface area contributed by atoms with Crippen molar-refractivity contribution in [3.8, 4) is 11.1 Å². The van der Waals surface area contributed by atoms with E-state index in [1.54, 1.807) is 16.7 Å². The van der Waals surface area contributed by atoms with Crippen LogP contribution in [0.1, 0.15) is 18.9 Å². The molecule has 2 aromatic carbocycles. The van der Waals surface area contributed by atoms with E-state index in [4.69, 9.17) is 9.72 Å². The molecule has 6 heteroatoms. The molecule has 0 N–H and O–H groups in total. The molecule has 166 valence electrons. The molecular weight excluding hydrogens is 430 g/mol. The number of hydrogen-bond donors (Lipinski definition) is 0. The van der Waals surface area contributed by atoms with Crippen LogP contribution in [0, 0.1) is 0 Å². The number of rotatable bonds is 4. The Morgan fingerprint density at radius 1 is 1.00 bits per heavy atom. The van der Waals surface area contributed by atoms with Crippen molar-refractivity contribution in [1.82, 2.24) is 9.38 Å². The number of ether oxygens (including phenoxy) is 1. The predicted molar refractivity (Wildman–Crippen MR) is 137 cm³/mol. The minimum atomic E-state index is -0.0592. The normalized spacial score (nSPS) is 14.5. The van der Waals surface area contributed by atoms with Gasteiger partial charge in [-0.1, -0.05) is 37.6 Å². The van der Waals surface area contributed by atoms with Gasteiger partial charge in [-0.25, -0.2) is 4.98 Å². The summed E-state index contributed by atoms with van der Waals surface area (Å²) in [6.45, 7) is 5.02. The van der Waals surface area contributed by atoms with Gasteiger partial charge in [0.15, 0.2) is 0 Å². The van der Waals surface area contributed by atoms with E-state index in [0.717, 1.165) is 42.9 Å². The van der Waals surface area contributed by atoms with Gasteiger partial charge in [-0.05, 0) is 36.2 Å². The zero-order valence-corrected chi connectivity index (χ0v) is 19.4. The van der Waals surface area contributed by atoms with Crippen molar-refractivity contribution in [2.24, 2.45) is 0 Å². The number of nitrogens with zero attached hydrogens (tertiary/aromatic N) is 3. The molecule has 1 saturated heterocycles. The van der Waals surface area contributed by atoms with Crippen LogP contribution in [0.5, 0.6) is 0 Å². The van der Waals surface area contributed by atoms with E-state index in [9.17, 15) is 4.79 Å². The van der Waals surface area contributed by atoms with Gasteiger partial charge in [-0.15, -0.1) is 11.3 Å². The summed E-state index contributed by atoms with van der Waals surface area (Å²) in [4.78, 5) is 20.1. The Bertz CT molecular complexity index is 1550. The summed E-state index contributed by atoms with van der Waals surface area (Å²) in [5, 5.41) is 2.57. The van der Waals surface area contributed by atoms with Crippen LogP contribution in [-0.2, 0) is 11.2 Å². The Labute approximate surface area is 195 Å². The fourth-order valence-corrected chi connectivity index (χ4v) is 5.99. The van der Waals surface area contributed by atoms with Gasteiger partial charge >= 0.3 is 0 Å². The highest BCUT2D eigenvalue weighted by Crippen LogP contribution is 2.41. The van der Waals surface area contributed by atoms with Gasteiger partial charge < -0.3 is 9.64 Å². The number of hydrogen-bond acceptors (Lipinski definition) is 5. The highest BCUT2D eigenvalue weighted by Gasteiger charge is 2.18. The molecule has 5 aromatic rings. The SMILES string of the molecule is CCCc1ccc2sc3c(-c4cccn5c(=O)cc(N6CCOCC6)nc45)cccc3c2c1. The molecular formula is C27H25N3O2S. The number of morpholine rings is 1. The van der Waals surface area contributed by atoms with Gasteiger partial charge in [0.2, 0.25) is 0 Å². The number of pyridine rings is 1. The molecule has 0 amide bonds. The second kappa shape index (κ2) is 8.28. The van der Waals surface area contributed by atoms with Crippen molar-refractivity contribution < 1.29 is 4.74 Å². The second-order valence-electron chi connectivity index (χ2n) is 8.53. The lowest BCUT2D eigenvalue weighted by Crippen LogP contribution is -2.37. The third-order valence-corrected chi connectivity index (χ3v) is 7.62. The first-order valence-electron chi connectivity index (χ1n) is 11.5. The molecule has 0 spiro atoms. The zero-order chi connectivity index (χ0) is 22.4. The van der Waals surface area contributed by atoms with Crippen molar-refractivity contribution in [3.05, 3.63) is 76.7 Å². The number of benzene rings is 2. The van der Waals surface area contributed by atoms with Crippen molar-refractivity contribution in [3.63, 3.8) is 0 Å². The number of anilines is 1. The van der Waals surface area contributed by atoms with Crippen molar-refractivity contribution in [2.75, 3.05) is 31.2 Å². The second-order valence-corrected chi connectivity index (χ2v) is 9.58. The summed E-state index contributed by atoms with van der Waals surface area (Å²) in [6, 6.07) is 18.9. The van der Waals surface area contributed by atoms with E-state index < -0.39 is 0 Å². The van der Waals surface area contributed by atoms with Crippen LogP contribution in [0.2, 0.25) is 0 Å². The van der Waals surface area contributed by atoms with Crippen LogP contribution in [0.25, 0.3) is 36.9 Å². The van der Waals surface area contributed by atoms with Crippen LogP contribution < -0.4 is 10.5 Å². The lowest BCUT2D eigenvalue weighted by Gasteiger charge is -2.27. The molecule has 1 aliphatic rings. The van der Waals surface area contributed by atoms with Crippen LogP contribution in [0.4, 0.5) is 5.82 Å². The van der Waals surface area contributed by atoms with E-state index in [0.29, 0.717) is 18.9 Å². The molecule has 33 heavy (non-hydrogen) atoms. The number of aromatic nitrogens is 2. The summed E-state index contributed by atoms with van der Waals surface area (Å²) in [5.74, 6) is 0.725. The third-order valence-electron chi connectivity index (χ3n) is 6.40. The van der Waals surface area contributed by atoms with Crippen molar-refractivity contribution >= 4 is 43.0 Å². The van der Waals surface area contributed by atoms with Crippen LogP contribution in [0.15, 0.2) is 65.6 Å². The van der Waals surface area contributed by atoms with Gasteiger partial charge in [0.25, 0.3) is 5.56 Å². The minimum absolute atomic E-state index is 0.0592. The van der Waals surface area contributed by atoms with E-state index in [1.807, 2.05) is 17.4 Å². The minimum Gasteiger partial charge on any atom is -0.378 e. The summed E-state index contributed by atoms with van der Waals surface area (Å²) >= 11 is 1.81. The van der Waals surface area contributed by atoms with Gasteiger partial charge in [-0.3, -0.25) is 9.20 Å². The smallest absolute Gasteiger partial charge is 0.259 e. The topological polar surface area (TPSA) is 46.8 Å². The number of fused-ring (bicyclic) bond motifs is 4. The molecule has 1 aliphatic heterocycles. The average molecular weight is 456 g/mol. The monoisotopic (exact) mass is 455 g/mol. The lowest BCUT2D eigenvalue weighted by molar-refractivity contribution is 0.122. The maximum Gasteiger partial charge on any atom is 0.259 e. The van der Waals surface area contributed by atoms with Gasteiger partial charge in [0.05, 0.1) is 13.2 Å². The Kier molecular flexibility index (Phi) is 5.12. The lowest BCUT2D eigenvalue weighted by atomic mass is 10.0. The van der Waals surface area contributed by atoms with Crippen LogP contribution in [0.3, 0.4) is 0 Å². The highest BCUT2D eigenvalue weighted by atomic mass is 32.1. The largest absolute Gasteiger partial charge is 0.378 e. The van der Waals surface area contributed by atoms with Gasteiger partial charge in [0, 0.05) is 56.7 Å². The molecule has 3 aromatic heterocycles. The van der Waals surface area contributed by atoms with Crippen molar-refractivity contribution in [1.29, 1.82) is 0 Å². The molecule has 5 nitrogen and oxygen atoms in total. The Balaban J connectivity index is 1.58. The first kappa shape index (κ1) is 20.4. The molecule has 0 aliphatic carbocycles. The first-order chi connectivity index (χ1) is 16.2. The molecule has 0 saturated carbocycles. The number of aryl methyl sites for hydroxylation is 1. The Morgan fingerprint density at radius 2 is 1.85 bits per heavy atom. The molecule has 1 fully saturated rings. The maximum absolute atomic E-state index is 13.0. The Morgan fingerprint density at radius 3 is 2.70 bits per heavy atom. The Hall–Kier alpha value is -3.22. The first-order valence-corrected chi connectivity index (χ1v) is 12.3. The van der Waals surface area contributed by atoms with Crippen LogP contribution >= 0.6 is 11.3 Å². The molecule has 4 heterocycles. The van der Waals surface area contributed by atoms with Gasteiger partial charge in [-0.2, -0.15) is 0 Å². The van der Waals surface area contributed by atoms with E-state index in [2.05, 4.69) is 54.3 Å². The molecule has 0 bridgehead atoms. The zero-order valence-electron chi connectivity index (χ0n) is 18.6. The summed E-state index contributed by atoms with van der Waals surface area (Å²) in [5.41, 5.74) is 4.12. The molecule has 0 unspecified atom stereocenters. The quantitative estimate of drug-likeness (QED) is 0.358. The van der Waals surface area contributed by atoms with Crippen LogP contribution in [-0.4, -0.2) is 35.7 Å². The van der Waals surface area contributed by atoms with E-state index in [-0.39, 0.29) is 5.56 Å². The summed E-state index contributed by atoms with van der Waals surface area (Å²) < 4.78 is 9.66. The fraction of sp³-hybridized carbons (Fsp3) is 0.259. The van der Waals surface area contributed by atoms with E-state index >= 15 is 0 Å². The predicted octanol–water partition coefficient (Wildman–Crippen LogP) is 5.52. The van der Waals surface area contributed by atoms with Gasteiger partial charge in [0.1, 0.15) is 11.5 Å². The highest BCUT2D eigenvalue weighted by molar-refractivity contribution is 7.26. The number of thiophene rings is 1. The summed E-state index contributed by atoms with van der Waals surface area (Å²) in [7, 11) is 0. The summed E-state index contributed by atoms with van der Waals surface area (Å²) in [6.07, 6.45) is 4.04. The third kappa shape index (κ3) is 3.50. The molecule has 0 radical (unpaired) electrons. The molecule has 0 atom stereocenters.